The molecule has 4 heteroatoms. The minimum absolute atomic E-state index is 0.103. The summed E-state index contributed by atoms with van der Waals surface area (Å²) in [5.41, 5.74) is 10.1. The molecule has 0 heterocycles. The number of allylic oxidation sites excluding steroid dienone is 1. The van der Waals surface area contributed by atoms with E-state index in [4.69, 9.17) is 16.6 Å². The summed E-state index contributed by atoms with van der Waals surface area (Å²) in [6.07, 6.45) is 2.87. The third kappa shape index (κ3) is 3.91. The fourth-order valence-electron chi connectivity index (χ4n) is 0.463. The predicted molar refractivity (Wildman–Crippen MR) is 38.2 cm³/mol. The molecule has 0 saturated carbocycles. The SMILES string of the molecule is NCCC/C=C(\N)C(=O)O. The van der Waals surface area contributed by atoms with Gasteiger partial charge in [-0.3, -0.25) is 0 Å². The molecule has 4 nitrogen and oxygen atoms in total. The van der Waals surface area contributed by atoms with Gasteiger partial charge in [-0.25, -0.2) is 4.79 Å². The Labute approximate surface area is 59.5 Å². The third-order valence-electron chi connectivity index (χ3n) is 1.02. The van der Waals surface area contributed by atoms with E-state index in [2.05, 4.69) is 0 Å². The van der Waals surface area contributed by atoms with Crippen LogP contribution in [0.2, 0.25) is 0 Å². The second-order valence-electron chi connectivity index (χ2n) is 1.90. The third-order valence-corrected chi connectivity index (χ3v) is 1.02. The molecule has 10 heavy (non-hydrogen) atoms. The van der Waals surface area contributed by atoms with E-state index in [-0.39, 0.29) is 5.70 Å². The average molecular weight is 144 g/mol. The van der Waals surface area contributed by atoms with Gasteiger partial charge in [-0.05, 0) is 19.4 Å². The zero-order valence-electron chi connectivity index (χ0n) is 5.71. The quantitative estimate of drug-likeness (QED) is 0.371. The van der Waals surface area contributed by atoms with Gasteiger partial charge in [0.15, 0.2) is 0 Å². The van der Waals surface area contributed by atoms with Crippen molar-refractivity contribution in [3.63, 3.8) is 0 Å². The highest BCUT2D eigenvalue weighted by Crippen LogP contribution is 1.91. The van der Waals surface area contributed by atoms with Crippen LogP contribution in [0.25, 0.3) is 0 Å². The van der Waals surface area contributed by atoms with Gasteiger partial charge in [-0.2, -0.15) is 0 Å². The molecule has 0 aromatic carbocycles. The molecule has 0 atom stereocenters. The molecule has 0 amide bonds. The molecule has 0 radical (unpaired) electrons. The van der Waals surface area contributed by atoms with Crippen molar-refractivity contribution in [2.75, 3.05) is 6.54 Å². The first-order valence-corrected chi connectivity index (χ1v) is 3.07. The van der Waals surface area contributed by atoms with E-state index < -0.39 is 5.97 Å². The lowest BCUT2D eigenvalue weighted by molar-refractivity contribution is -0.132. The number of carbonyl (C=O) groups is 1. The number of aliphatic carboxylic acids is 1. The number of unbranched alkanes of at least 4 members (excludes halogenated alkanes) is 1. The van der Waals surface area contributed by atoms with Gasteiger partial charge in [0.05, 0.1) is 0 Å². The minimum atomic E-state index is -1.07. The van der Waals surface area contributed by atoms with Gasteiger partial charge < -0.3 is 16.6 Å². The molecule has 0 aliphatic heterocycles. The topological polar surface area (TPSA) is 89.3 Å². The van der Waals surface area contributed by atoms with Crippen LogP contribution in [-0.4, -0.2) is 17.6 Å². The maximum absolute atomic E-state index is 10.1. The molecule has 0 aromatic heterocycles. The number of hydrogen-bond acceptors (Lipinski definition) is 3. The minimum Gasteiger partial charge on any atom is -0.477 e. The Morgan fingerprint density at radius 1 is 1.60 bits per heavy atom. The van der Waals surface area contributed by atoms with Gasteiger partial charge in [0, 0.05) is 0 Å². The smallest absolute Gasteiger partial charge is 0.351 e. The largest absolute Gasteiger partial charge is 0.477 e. The highest BCUT2D eigenvalue weighted by molar-refractivity contribution is 5.85. The maximum Gasteiger partial charge on any atom is 0.351 e. The van der Waals surface area contributed by atoms with Gasteiger partial charge >= 0.3 is 5.97 Å². The van der Waals surface area contributed by atoms with Crippen molar-refractivity contribution >= 4 is 5.97 Å². The Bertz CT molecular complexity index is 143. The Morgan fingerprint density at radius 2 is 2.20 bits per heavy atom. The van der Waals surface area contributed by atoms with Crippen LogP contribution >= 0.6 is 0 Å². The molecule has 0 aromatic rings. The van der Waals surface area contributed by atoms with E-state index >= 15 is 0 Å². The van der Waals surface area contributed by atoms with Crippen molar-refractivity contribution in [1.82, 2.24) is 0 Å². The molecule has 58 valence electrons. The molecule has 5 N–H and O–H groups in total. The van der Waals surface area contributed by atoms with Gasteiger partial charge in [0.1, 0.15) is 5.70 Å². The van der Waals surface area contributed by atoms with E-state index in [1.54, 1.807) is 0 Å². The molecule has 0 spiro atoms. The van der Waals surface area contributed by atoms with Crippen LogP contribution in [0.5, 0.6) is 0 Å². The van der Waals surface area contributed by atoms with Gasteiger partial charge in [0.25, 0.3) is 0 Å². The van der Waals surface area contributed by atoms with Gasteiger partial charge in [0.2, 0.25) is 0 Å². The standard InChI is InChI=1S/C6H12N2O2/c7-4-2-1-3-5(8)6(9)10/h3H,1-2,4,7-8H2,(H,9,10)/b5-3-. The fourth-order valence-corrected chi connectivity index (χ4v) is 0.463. The van der Waals surface area contributed by atoms with Crippen molar-refractivity contribution in [3.8, 4) is 0 Å². The van der Waals surface area contributed by atoms with Gasteiger partial charge in [-0.1, -0.05) is 6.08 Å². The van der Waals surface area contributed by atoms with E-state index in [0.29, 0.717) is 13.0 Å². The van der Waals surface area contributed by atoms with Crippen LogP contribution in [-0.2, 0) is 4.79 Å². The Balaban J connectivity index is 3.58. The lowest BCUT2D eigenvalue weighted by atomic mass is 10.2. The van der Waals surface area contributed by atoms with E-state index in [1.807, 2.05) is 0 Å². The first-order chi connectivity index (χ1) is 4.68. The second-order valence-corrected chi connectivity index (χ2v) is 1.90. The maximum atomic E-state index is 10.1. The second kappa shape index (κ2) is 4.81. The number of carboxylic acid groups (broad SMARTS) is 1. The summed E-state index contributed by atoms with van der Waals surface area (Å²) in [6.45, 7) is 0.559. The first-order valence-electron chi connectivity index (χ1n) is 3.07. The molecule has 0 aliphatic carbocycles. The Morgan fingerprint density at radius 3 is 2.60 bits per heavy atom. The van der Waals surface area contributed by atoms with Crippen LogP contribution < -0.4 is 11.5 Å². The van der Waals surface area contributed by atoms with Crippen LogP contribution in [0.1, 0.15) is 12.8 Å². The van der Waals surface area contributed by atoms with Crippen molar-refractivity contribution in [2.45, 2.75) is 12.8 Å². The van der Waals surface area contributed by atoms with Crippen LogP contribution in [0.3, 0.4) is 0 Å². The summed E-state index contributed by atoms with van der Waals surface area (Å²) >= 11 is 0. The number of rotatable bonds is 4. The Kier molecular flexibility index (Phi) is 4.32. The predicted octanol–water partition coefficient (Wildman–Crippen LogP) is -0.347. The molecule has 0 fully saturated rings. The molecule has 0 saturated heterocycles. The number of carboxylic acids is 1. The summed E-state index contributed by atoms with van der Waals surface area (Å²) in [6, 6.07) is 0. The lowest BCUT2D eigenvalue weighted by Gasteiger charge is -1.92. The highest BCUT2D eigenvalue weighted by Gasteiger charge is 1.97. The van der Waals surface area contributed by atoms with Crippen LogP contribution in [0, 0.1) is 0 Å². The zero-order chi connectivity index (χ0) is 7.98. The summed E-state index contributed by atoms with van der Waals surface area (Å²) in [5, 5.41) is 8.26. The summed E-state index contributed by atoms with van der Waals surface area (Å²) in [4.78, 5) is 10.1. The van der Waals surface area contributed by atoms with E-state index in [1.165, 1.54) is 6.08 Å². The summed E-state index contributed by atoms with van der Waals surface area (Å²) in [7, 11) is 0. The molecular weight excluding hydrogens is 132 g/mol. The first kappa shape index (κ1) is 8.97. The summed E-state index contributed by atoms with van der Waals surface area (Å²) < 4.78 is 0. The molecule has 0 bridgehead atoms. The molecule has 0 aliphatic rings. The van der Waals surface area contributed by atoms with Gasteiger partial charge in [-0.15, -0.1) is 0 Å². The van der Waals surface area contributed by atoms with Crippen molar-refractivity contribution in [3.05, 3.63) is 11.8 Å². The summed E-state index contributed by atoms with van der Waals surface area (Å²) in [5.74, 6) is -1.07. The lowest BCUT2D eigenvalue weighted by Crippen LogP contribution is -2.09. The highest BCUT2D eigenvalue weighted by atomic mass is 16.4. The number of nitrogens with two attached hydrogens (primary N) is 2. The van der Waals surface area contributed by atoms with Crippen LogP contribution in [0.15, 0.2) is 11.8 Å². The van der Waals surface area contributed by atoms with E-state index in [9.17, 15) is 4.79 Å². The molecular formula is C6H12N2O2. The van der Waals surface area contributed by atoms with Crippen LogP contribution in [0.4, 0.5) is 0 Å². The average Bonchev–Trinajstić information content (AvgIpc) is 1.88. The number of hydrogen-bond donors (Lipinski definition) is 3. The van der Waals surface area contributed by atoms with Crippen molar-refractivity contribution in [2.24, 2.45) is 11.5 Å². The monoisotopic (exact) mass is 144 g/mol. The molecule has 0 rings (SSSR count). The Hall–Kier alpha value is -1.03. The molecule has 0 unspecified atom stereocenters. The fraction of sp³-hybridized carbons (Fsp3) is 0.500. The normalized spacial score (nSPS) is 11.5. The van der Waals surface area contributed by atoms with Crippen molar-refractivity contribution < 1.29 is 9.90 Å². The zero-order valence-corrected chi connectivity index (χ0v) is 5.71. The van der Waals surface area contributed by atoms with Crippen molar-refractivity contribution in [1.29, 1.82) is 0 Å². The van der Waals surface area contributed by atoms with E-state index in [0.717, 1.165) is 6.42 Å².